The zero-order valence-electron chi connectivity index (χ0n) is 10.2. The van der Waals surface area contributed by atoms with Gasteiger partial charge in [-0.15, -0.1) is 0 Å². The number of aryl methyl sites for hydroxylation is 1. The Morgan fingerprint density at radius 3 is 2.94 bits per heavy atom. The monoisotopic (exact) mass is 256 g/mol. The van der Waals surface area contributed by atoms with Crippen LogP contribution in [-0.4, -0.2) is 28.5 Å². The molecule has 0 spiro atoms. The van der Waals surface area contributed by atoms with Gasteiger partial charge in [-0.25, -0.2) is 9.97 Å². The highest BCUT2D eigenvalue weighted by Gasteiger charge is 2.13. The number of amides is 1. The molecule has 5 nitrogen and oxygen atoms in total. The van der Waals surface area contributed by atoms with E-state index in [1.807, 2.05) is 13.8 Å². The maximum Gasteiger partial charge on any atom is 0.242 e. The van der Waals surface area contributed by atoms with Crippen LogP contribution >= 0.6 is 11.6 Å². The number of anilines is 1. The van der Waals surface area contributed by atoms with Crippen molar-refractivity contribution in [2.75, 3.05) is 11.9 Å². The average Bonchev–Trinajstić information content (AvgIpc) is 2.30. The van der Waals surface area contributed by atoms with Gasteiger partial charge in [0.15, 0.2) is 0 Å². The van der Waals surface area contributed by atoms with E-state index in [0.29, 0.717) is 12.4 Å². The molecule has 94 valence electrons. The van der Waals surface area contributed by atoms with Crippen LogP contribution in [0.15, 0.2) is 6.20 Å². The Bertz CT molecular complexity index is 397. The third-order valence-electron chi connectivity index (χ3n) is 2.24. The standard InChI is InChI=1S/C11H17ClN4O/c1-4-5-13-10(17)8(3)15-9-7(2)6-14-11(12)16-9/h6,8H,4-5H2,1-3H3,(H,13,17)(H,14,15,16). The zero-order chi connectivity index (χ0) is 12.8. The molecule has 0 aliphatic rings. The van der Waals surface area contributed by atoms with Gasteiger partial charge < -0.3 is 10.6 Å². The van der Waals surface area contributed by atoms with Crippen molar-refractivity contribution in [2.24, 2.45) is 0 Å². The Morgan fingerprint density at radius 2 is 2.29 bits per heavy atom. The van der Waals surface area contributed by atoms with Gasteiger partial charge in [-0.3, -0.25) is 4.79 Å². The summed E-state index contributed by atoms with van der Waals surface area (Å²) in [4.78, 5) is 19.5. The number of carbonyl (C=O) groups is 1. The molecule has 0 aliphatic carbocycles. The van der Waals surface area contributed by atoms with E-state index in [0.717, 1.165) is 12.0 Å². The molecule has 1 rings (SSSR count). The van der Waals surface area contributed by atoms with Gasteiger partial charge >= 0.3 is 0 Å². The molecule has 0 saturated carbocycles. The summed E-state index contributed by atoms with van der Waals surface area (Å²) in [5.41, 5.74) is 0.851. The maximum atomic E-state index is 11.7. The van der Waals surface area contributed by atoms with Crippen LogP contribution in [0.5, 0.6) is 0 Å². The quantitative estimate of drug-likeness (QED) is 0.788. The molecule has 1 aromatic rings. The third-order valence-corrected chi connectivity index (χ3v) is 2.42. The smallest absolute Gasteiger partial charge is 0.242 e. The van der Waals surface area contributed by atoms with Crippen LogP contribution in [-0.2, 0) is 4.79 Å². The first kappa shape index (κ1) is 13.7. The molecule has 1 unspecified atom stereocenters. The summed E-state index contributed by atoms with van der Waals surface area (Å²) in [5.74, 6) is 0.533. The minimum atomic E-state index is -0.355. The molecule has 0 bridgehead atoms. The van der Waals surface area contributed by atoms with Gasteiger partial charge in [0, 0.05) is 18.3 Å². The van der Waals surface area contributed by atoms with Crippen molar-refractivity contribution in [3.05, 3.63) is 17.0 Å². The maximum absolute atomic E-state index is 11.7. The van der Waals surface area contributed by atoms with Crippen LogP contribution in [0, 0.1) is 6.92 Å². The molecule has 2 N–H and O–H groups in total. The molecule has 0 aromatic carbocycles. The largest absolute Gasteiger partial charge is 0.358 e. The Balaban J connectivity index is 2.64. The van der Waals surface area contributed by atoms with Crippen LogP contribution < -0.4 is 10.6 Å². The number of nitrogens with zero attached hydrogens (tertiary/aromatic N) is 2. The van der Waals surface area contributed by atoms with Crippen LogP contribution in [0.3, 0.4) is 0 Å². The van der Waals surface area contributed by atoms with Gasteiger partial charge in [-0.2, -0.15) is 0 Å². The summed E-state index contributed by atoms with van der Waals surface area (Å²) in [6.07, 6.45) is 2.53. The predicted molar refractivity (Wildman–Crippen MR) is 68.2 cm³/mol. The molecule has 1 aromatic heterocycles. The van der Waals surface area contributed by atoms with Gasteiger partial charge in [-0.1, -0.05) is 6.92 Å². The molecular weight excluding hydrogens is 240 g/mol. The molecule has 6 heteroatoms. The van der Waals surface area contributed by atoms with Gasteiger partial charge in [0.05, 0.1) is 0 Å². The molecule has 0 saturated heterocycles. The van der Waals surface area contributed by atoms with Crippen LogP contribution in [0.25, 0.3) is 0 Å². The Labute approximate surface area is 106 Å². The van der Waals surface area contributed by atoms with Crippen LogP contribution in [0.4, 0.5) is 5.82 Å². The summed E-state index contributed by atoms with van der Waals surface area (Å²) in [6, 6.07) is -0.355. The highest BCUT2D eigenvalue weighted by molar-refractivity contribution is 6.28. The lowest BCUT2D eigenvalue weighted by molar-refractivity contribution is -0.121. The molecular formula is C11H17ClN4O. The Kier molecular flexibility index (Phi) is 5.15. The van der Waals surface area contributed by atoms with E-state index < -0.39 is 0 Å². The van der Waals surface area contributed by atoms with E-state index in [1.54, 1.807) is 13.1 Å². The third kappa shape index (κ3) is 4.19. The summed E-state index contributed by atoms with van der Waals surface area (Å²) in [6.45, 7) is 6.32. The highest BCUT2D eigenvalue weighted by atomic mass is 35.5. The first-order valence-corrected chi connectivity index (χ1v) is 5.95. The van der Waals surface area contributed by atoms with Crippen molar-refractivity contribution < 1.29 is 4.79 Å². The Hall–Kier alpha value is -1.36. The molecule has 1 atom stereocenters. The van der Waals surface area contributed by atoms with Crippen molar-refractivity contribution in [2.45, 2.75) is 33.2 Å². The van der Waals surface area contributed by atoms with Crippen LogP contribution in [0.2, 0.25) is 5.28 Å². The van der Waals surface area contributed by atoms with E-state index >= 15 is 0 Å². The molecule has 17 heavy (non-hydrogen) atoms. The fraction of sp³-hybridized carbons (Fsp3) is 0.545. The van der Waals surface area contributed by atoms with E-state index in [4.69, 9.17) is 11.6 Å². The molecule has 0 radical (unpaired) electrons. The lowest BCUT2D eigenvalue weighted by Gasteiger charge is -2.15. The van der Waals surface area contributed by atoms with Gasteiger partial charge in [0.1, 0.15) is 11.9 Å². The Morgan fingerprint density at radius 1 is 1.59 bits per heavy atom. The average molecular weight is 257 g/mol. The molecule has 1 amide bonds. The number of halogens is 1. The number of nitrogens with one attached hydrogen (secondary N) is 2. The summed E-state index contributed by atoms with van der Waals surface area (Å²) in [7, 11) is 0. The van der Waals surface area contributed by atoms with Crippen molar-refractivity contribution in [3.63, 3.8) is 0 Å². The zero-order valence-corrected chi connectivity index (χ0v) is 11.0. The molecule has 1 heterocycles. The van der Waals surface area contributed by atoms with E-state index in [-0.39, 0.29) is 17.2 Å². The van der Waals surface area contributed by atoms with Crippen LogP contribution in [0.1, 0.15) is 25.8 Å². The van der Waals surface area contributed by atoms with E-state index in [9.17, 15) is 4.79 Å². The predicted octanol–water partition coefficient (Wildman–Crippen LogP) is 1.77. The first-order valence-electron chi connectivity index (χ1n) is 5.58. The van der Waals surface area contributed by atoms with Crippen molar-refractivity contribution >= 4 is 23.3 Å². The second-order valence-corrected chi connectivity index (χ2v) is 4.17. The second kappa shape index (κ2) is 6.39. The number of rotatable bonds is 5. The van der Waals surface area contributed by atoms with Gasteiger partial charge in [-0.05, 0) is 31.9 Å². The lowest BCUT2D eigenvalue weighted by Crippen LogP contribution is -2.38. The number of carbonyl (C=O) groups excluding carboxylic acids is 1. The fourth-order valence-corrected chi connectivity index (χ4v) is 1.37. The topological polar surface area (TPSA) is 66.9 Å². The number of aromatic nitrogens is 2. The van der Waals surface area contributed by atoms with Crippen molar-refractivity contribution in [1.82, 2.24) is 15.3 Å². The fourth-order valence-electron chi connectivity index (χ4n) is 1.24. The SMILES string of the molecule is CCCNC(=O)C(C)Nc1nc(Cl)ncc1C. The summed E-state index contributed by atoms with van der Waals surface area (Å²) in [5, 5.41) is 5.99. The van der Waals surface area contributed by atoms with E-state index in [1.165, 1.54) is 0 Å². The van der Waals surface area contributed by atoms with Crippen molar-refractivity contribution in [1.29, 1.82) is 0 Å². The van der Waals surface area contributed by atoms with E-state index in [2.05, 4.69) is 20.6 Å². The van der Waals surface area contributed by atoms with Crippen molar-refractivity contribution in [3.8, 4) is 0 Å². The number of hydrogen-bond donors (Lipinski definition) is 2. The van der Waals surface area contributed by atoms with Gasteiger partial charge in [0.25, 0.3) is 0 Å². The lowest BCUT2D eigenvalue weighted by atomic mass is 10.2. The number of hydrogen-bond acceptors (Lipinski definition) is 4. The molecule has 0 fully saturated rings. The highest BCUT2D eigenvalue weighted by Crippen LogP contribution is 2.13. The minimum absolute atomic E-state index is 0.0546. The molecule has 0 aliphatic heterocycles. The summed E-state index contributed by atoms with van der Waals surface area (Å²) < 4.78 is 0. The minimum Gasteiger partial charge on any atom is -0.358 e. The normalized spacial score (nSPS) is 12.0. The summed E-state index contributed by atoms with van der Waals surface area (Å²) >= 11 is 5.70. The second-order valence-electron chi connectivity index (χ2n) is 3.83. The van der Waals surface area contributed by atoms with Gasteiger partial charge in [0.2, 0.25) is 11.2 Å². The first-order chi connectivity index (χ1) is 8.04.